The average Bonchev–Trinajstić information content (AvgIpc) is 3.15. The molecule has 1 aromatic carbocycles. The number of thiophene rings is 1. The van der Waals surface area contributed by atoms with E-state index in [2.05, 4.69) is 27.7 Å². The van der Waals surface area contributed by atoms with E-state index in [0.717, 1.165) is 38.0 Å². The number of nitrogens with one attached hydrogen (secondary N) is 1. The number of nitrogens with zero attached hydrogens (tertiary/aromatic N) is 2. The summed E-state index contributed by atoms with van der Waals surface area (Å²) in [6, 6.07) is 11.7. The minimum atomic E-state index is 0.0532. The van der Waals surface area contributed by atoms with Gasteiger partial charge < -0.3 is 10.2 Å². The fourth-order valence-electron chi connectivity index (χ4n) is 3.16. The zero-order valence-electron chi connectivity index (χ0n) is 13.9. The zero-order valence-corrected chi connectivity index (χ0v) is 15.4. The molecule has 0 spiro atoms. The monoisotopic (exact) mass is 373 g/mol. The fraction of sp³-hybridized carbons (Fsp3) is 0.368. The molecule has 1 N–H and O–H groups in total. The van der Waals surface area contributed by atoms with Crippen molar-refractivity contribution >= 4 is 34.5 Å². The zero-order chi connectivity index (χ0) is 17.6. The maximum absolute atomic E-state index is 12.3. The van der Waals surface area contributed by atoms with Crippen molar-refractivity contribution < 1.29 is 4.79 Å². The molecule has 2 aromatic rings. The second kappa shape index (κ2) is 8.37. The molecule has 1 amide bonds. The number of amides is 1. The van der Waals surface area contributed by atoms with Crippen LogP contribution in [0.2, 0.25) is 5.02 Å². The van der Waals surface area contributed by atoms with E-state index in [4.69, 9.17) is 11.6 Å². The van der Waals surface area contributed by atoms with E-state index in [1.807, 2.05) is 12.1 Å². The number of nitriles is 1. The van der Waals surface area contributed by atoms with Crippen LogP contribution in [0.5, 0.6) is 0 Å². The van der Waals surface area contributed by atoms with E-state index in [0.29, 0.717) is 17.1 Å². The molecule has 4 nitrogen and oxygen atoms in total. The summed E-state index contributed by atoms with van der Waals surface area (Å²) in [4.78, 5) is 15.8. The minimum Gasteiger partial charge on any atom is -0.370 e. The number of carbonyl (C=O) groups is 1. The number of piperidine rings is 1. The molecule has 1 fully saturated rings. The molecule has 0 aliphatic carbocycles. The normalized spacial score (nSPS) is 15.0. The van der Waals surface area contributed by atoms with Crippen molar-refractivity contribution in [3.8, 4) is 6.07 Å². The van der Waals surface area contributed by atoms with Crippen LogP contribution in [0.15, 0.2) is 35.7 Å². The number of hydrogen-bond donors (Lipinski definition) is 1. The standard InChI is InChI=1S/C19H20ClN3OS/c20-16-3-4-18(15(12-16)13-21)23-9-6-14(7-10-23)19(24)22-8-5-17-2-1-11-25-17/h1-4,11-12,14H,5-10H2,(H,22,24). The molecular formula is C19H20ClN3OS. The van der Waals surface area contributed by atoms with Crippen LogP contribution in [0.3, 0.4) is 0 Å². The van der Waals surface area contributed by atoms with Crippen molar-refractivity contribution in [3.63, 3.8) is 0 Å². The summed E-state index contributed by atoms with van der Waals surface area (Å²) in [6.45, 7) is 2.24. The second-order valence-corrected chi connectivity index (χ2v) is 7.62. The highest BCUT2D eigenvalue weighted by Crippen LogP contribution is 2.28. The van der Waals surface area contributed by atoms with E-state index in [1.165, 1.54) is 4.88 Å². The van der Waals surface area contributed by atoms with Crippen molar-refractivity contribution in [3.05, 3.63) is 51.2 Å². The Kier molecular flexibility index (Phi) is 5.95. The van der Waals surface area contributed by atoms with Gasteiger partial charge in [0.25, 0.3) is 0 Å². The molecule has 3 rings (SSSR count). The third kappa shape index (κ3) is 4.53. The molecular weight excluding hydrogens is 354 g/mol. The van der Waals surface area contributed by atoms with Crippen LogP contribution >= 0.6 is 22.9 Å². The SMILES string of the molecule is N#Cc1cc(Cl)ccc1N1CCC(C(=O)NCCc2cccs2)CC1. The first-order valence-corrected chi connectivity index (χ1v) is 9.68. The lowest BCUT2D eigenvalue weighted by molar-refractivity contribution is -0.125. The lowest BCUT2D eigenvalue weighted by atomic mass is 9.95. The van der Waals surface area contributed by atoms with Crippen LogP contribution in [0.1, 0.15) is 23.3 Å². The number of carbonyl (C=O) groups excluding carboxylic acids is 1. The van der Waals surface area contributed by atoms with Crippen molar-refractivity contribution in [1.29, 1.82) is 5.26 Å². The van der Waals surface area contributed by atoms with Crippen molar-refractivity contribution in [2.24, 2.45) is 5.92 Å². The molecule has 130 valence electrons. The van der Waals surface area contributed by atoms with Crippen LogP contribution in [-0.2, 0) is 11.2 Å². The second-order valence-electron chi connectivity index (χ2n) is 6.15. The lowest BCUT2D eigenvalue weighted by Crippen LogP contribution is -2.41. The summed E-state index contributed by atoms with van der Waals surface area (Å²) in [5, 5.41) is 15.0. The van der Waals surface area contributed by atoms with Gasteiger partial charge in [0.15, 0.2) is 0 Å². The molecule has 1 saturated heterocycles. The van der Waals surface area contributed by atoms with Gasteiger partial charge >= 0.3 is 0 Å². The summed E-state index contributed by atoms with van der Waals surface area (Å²) >= 11 is 7.68. The molecule has 2 heterocycles. The van der Waals surface area contributed by atoms with Gasteiger partial charge in [-0.3, -0.25) is 4.79 Å². The van der Waals surface area contributed by atoms with Crippen molar-refractivity contribution in [2.45, 2.75) is 19.3 Å². The van der Waals surface area contributed by atoms with E-state index in [1.54, 1.807) is 23.5 Å². The molecule has 1 aliphatic rings. The number of halogens is 1. The van der Waals surface area contributed by atoms with Gasteiger partial charge in [0, 0.05) is 35.5 Å². The molecule has 0 radical (unpaired) electrons. The van der Waals surface area contributed by atoms with Crippen LogP contribution < -0.4 is 10.2 Å². The van der Waals surface area contributed by atoms with E-state index in [-0.39, 0.29) is 11.8 Å². The average molecular weight is 374 g/mol. The summed E-state index contributed by atoms with van der Waals surface area (Å²) in [6.07, 6.45) is 2.50. The highest BCUT2D eigenvalue weighted by molar-refractivity contribution is 7.09. The van der Waals surface area contributed by atoms with E-state index >= 15 is 0 Å². The van der Waals surface area contributed by atoms with E-state index < -0.39 is 0 Å². The highest BCUT2D eigenvalue weighted by atomic mass is 35.5. The van der Waals surface area contributed by atoms with Gasteiger partial charge in [-0.05, 0) is 48.9 Å². The Morgan fingerprint density at radius 1 is 1.36 bits per heavy atom. The maximum atomic E-state index is 12.3. The van der Waals surface area contributed by atoms with Gasteiger partial charge in [-0.2, -0.15) is 5.26 Å². The lowest BCUT2D eigenvalue weighted by Gasteiger charge is -2.33. The minimum absolute atomic E-state index is 0.0532. The number of hydrogen-bond acceptors (Lipinski definition) is 4. The first-order chi connectivity index (χ1) is 12.2. The Hall–Kier alpha value is -2.03. The van der Waals surface area contributed by atoms with Gasteiger partial charge in [-0.25, -0.2) is 0 Å². The number of rotatable bonds is 5. The topological polar surface area (TPSA) is 56.1 Å². The summed E-state index contributed by atoms with van der Waals surface area (Å²) < 4.78 is 0. The maximum Gasteiger partial charge on any atom is 0.223 e. The molecule has 0 atom stereocenters. The van der Waals surface area contributed by atoms with Gasteiger partial charge in [-0.15, -0.1) is 11.3 Å². The Bertz CT molecular complexity index is 761. The third-order valence-electron chi connectivity index (χ3n) is 4.54. The predicted octanol–water partition coefficient (Wildman–Crippen LogP) is 3.85. The molecule has 0 bridgehead atoms. The van der Waals surface area contributed by atoms with Gasteiger partial charge in [-0.1, -0.05) is 17.7 Å². The Labute approximate surface area is 157 Å². The summed E-state index contributed by atoms with van der Waals surface area (Å²) in [7, 11) is 0. The quantitative estimate of drug-likeness (QED) is 0.866. The summed E-state index contributed by atoms with van der Waals surface area (Å²) in [5.41, 5.74) is 1.50. The molecule has 6 heteroatoms. The molecule has 25 heavy (non-hydrogen) atoms. The fourth-order valence-corrected chi connectivity index (χ4v) is 4.05. The molecule has 0 unspecified atom stereocenters. The van der Waals surface area contributed by atoms with Crippen LogP contribution in [-0.4, -0.2) is 25.5 Å². The van der Waals surface area contributed by atoms with Gasteiger partial charge in [0.1, 0.15) is 6.07 Å². The molecule has 1 aromatic heterocycles. The smallest absolute Gasteiger partial charge is 0.223 e. The Morgan fingerprint density at radius 2 is 2.16 bits per heavy atom. The van der Waals surface area contributed by atoms with Crippen molar-refractivity contribution in [2.75, 3.05) is 24.5 Å². The van der Waals surface area contributed by atoms with Gasteiger partial charge in [0.2, 0.25) is 5.91 Å². The highest BCUT2D eigenvalue weighted by Gasteiger charge is 2.25. The largest absolute Gasteiger partial charge is 0.370 e. The number of anilines is 1. The van der Waals surface area contributed by atoms with Crippen molar-refractivity contribution in [1.82, 2.24) is 5.32 Å². The van der Waals surface area contributed by atoms with Crippen LogP contribution in [0.4, 0.5) is 5.69 Å². The molecule has 0 saturated carbocycles. The predicted molar refractivity (Wildman–Crippen MR) is 102 cm³/mol. The molecule has 1 aliphatic heterocycles. The van der Waals surface area contributed by atoms with Crippen LogP contribution in [0, 0.1) is 17.2 Å². The van der Waals surface area contributed by atoms with Gasteiger partial charge in [0.05, 0.1) is 11.3 Å². The first-order valence-electron chi connectivity index (χ1n) is 8.42. The van der Waals surface area contributed by atoms with Crippen LogP contribution in [0.25, 0.3) is 0 Å². The third-order valence-corrected chi connectivity index (χ3v) is 5.71. The number of benzene rings is 1. The summed E-state index contributed by atoms with van der Waals surface area (Å²) in [5.74, 6) is 0.199. The Morgan fingerprint density at radius 3 is 2.84 bits per heavy atom. The van der Waals surface area contributed by atoms with E-state index in [9.17, 15) is 10.1 Å². The first kappa shape index (κ1) is 17.8. The Balaban J connectivity index is 1.50.